The summed E-state index contributed by atoms with van der Waals surface area (Å²) in [5.74, 6) is -0.265. The molecule has 7 nitrogen and oxygen atoms in total. The molecule has 2 heterocycles. The molecule has 1 aromatic carbocycles. The first-order valence-electron chi connectivity index (χ1n) is 9.14. The number of carbonyl (C=O) groups is 2. The van der Waals surface area contributed by atoms with Crippen molar-refractivity contribution in [1.29, 1.82) is 0 Å². The maximum Gasteiger partial charge on any atom is 0.318 e. The number of anilines is 1. The van der Waals surface area contributed by atoms with Crippen LogP contribution in [0.25, 0.3) is 0 Å². The third kappa shape index (κ3) is 5.52. The first kappa shape index (κ1) is 18.8. The van der Waals surface area contributed by atoms with Gasteiger partial charge in [0, 0.05) is 38.9 Å². The number of hydrogen-bond acceptors (Lipinski definition) is 4. The van der Waals surface area contributed by atoms with Crippen LogP contribution in [-0.4, -0.2) is 58.9 Å². The van der Waals surface area contributed by atoms with Gasteiger partial charge in [0.1, 0.15) is 6.04 Å². The van der Waals surface area contributed by atoms with Crippen LogP contribution in [0.5, 0.6) is 0 Å². The van der Waals surface area contributed by atoms with E-state index < -0.39 is 6.04 Å². The Bertz CT molecular complexity index is 745. The Morgan fingerprint density at radius 1 is 1.07 bits per heavy atom. The van der Waals surface area contributed by atoms with Crippen LogP contribution in [0.2, 0.25) is 0 Å². The largest absolute Gasteiger partial charge is 0.326 e. The van der Waals surface area contributed by atoms with Gasteiger partial charge < -0.3 is 15.5 Å². The molecule has 142 valence electrons. The summed E-state index contributed by atoms with van der Waals surface area (Å²) in [7, 11) is 0. The fourth-order valence-electron chi connectivity index (χ4n) is 2.98. The van der Waals surface area contributed by atoms with Gasteiger partial charge in [-0.3, -0.25) is 14.7 Å². The minimum absolute atomic E-state index is 0.205. The molecule has 2 aromatic rings. The molecular formula is C20H25N5O2. The number of amides is 3. The van der Waals surface area contributed by atoms with Crippen LogP contribution in [0.4, 0.5) is 10.5 Å². The second-order valence-electron chi connectivity index (χ2n) is 6.65. The molecule has 1 saturated heterocycles. The number of rotatable bonds is 5. The smallest absolute Gasteiger partial charge is 0.318 e. The quantitative estimate of drug-likeness (QED) is 0.847. The Labute approximate surface area is 159 Å². The molecule has 1 fully saturated rings. The molecule has 0 spiro atoms. The van der Waals surface area contributed by atoms with E-state index >= 15 is 0 Å². The van der Waals surface area contributed by atoms with Gasteiger partial charge in [-0.15, -0.1) is 0 Å². The van der Waals surface area contributed by atoms with Gasteiger partial charge in [0.15, 0.2) is 0 Å². The second-order valence-corrected chi connectivity index (χ2v) is 6.65. The number of pyridine rings is 1. The summed E-state index contributed by atoms with van der Waals surface area (Å²) in [5.41, 5.74) is 1.88. The van der Waals surface area contributed by atoms with Crippen LogP contribution in [-0.2, 0) is 11.3 Å². The highest BCUT2D eigenvalue weighted by Crippen LogP contribution is 2.09. The van der Waals surface area contributed by atoms with E-state index in [4.69, 9.17) is 0 Å². The summed E-state index contributed by atoms with van der Waals surface area (Å²) < 4.78 is 0. The lowest BCUT2D eigenvalue weighted by molar-refractivity contribution is -0.117. The molecule has 3 rings (SSSR count). The summed E-state index contributed by atoms with van der Waals surface area (Å²) in [4.78, 5) is 32.7. The number of hydrogen-bond donors (Lipinski definition) is 2. The SMILES string of the molecule is C[C@H](NC(=O)N1CCN(Cc2ccccc2)CC1)C(=O)Nc1cccnc1. The number of carbonyl (C=O) groups excluding carboxylic acids is 2. The number of urea groups is 1. The molecule has 1 atom stereocenters. The molecular weight excluding hydrogens is 342 g/mol. The zero-order valence-electron chi connectivity index (χ0n) is 15.5. The maximum absolute atomic E-state index is 12.4. The molecule has 1 aliphatic rings. The number of nitrogens with one attached hydrogen (secondary N) is 2. The monoisotopic (exact) mass is 367 g/mol. The summed E-state index contributed by atoms with van der Waals surface area (Å²) in [5, 5.41) is 5.51. The summed E-state index contributed by atoms with van der Waals surface area (Å²) in [6, 6.07) is 13.0. The molecule has 0 saturated carbocycles. The number of piperazine rings is 1. The third-order valence-corrected chi connectivity index (χ3v) is 4.57. The lowest BCUT2D eigenvalue weighted by Gasteiger charge is -2.35. The Morgan fingerprint density at radius 3 is 2.48 bits per heavy atom. The predicted molar refractivity (Wildman–Crippen MR) is 104 cm³/mol. The van der Waals surface area contributed by atoms with E-state index in [0.717, 1.165) is 19.6 Å². The van der Waals surface area contributed by atoms with Crippen molar-refractivity contribution in [2.75, 3.05) is 31.5 Å². The van der Waals surface area contributed by atoms with Crippen molar-refractivity contribution in [2.24, 2.45) is 0 Å². The highest BCUT2D eigenvalue weighted by Gasteiger charge is 2.24. The van der Waals surface area contributed by atoms with Gasteiger partial charge >= 0.3 is 6.03 Å². The van der Waals surface area contributed by atoms with Gasteiger partial charge in [-0.05, 0) is 24.6 Å². The normalized spacial score (nSPS) is 15.8. The molecule has 7 heteroatoms. The van der Waals surface area contributed by atoms with Crippen LogP contribution in [0.1, 0.15) is 12.5 Å². The highest BCUT2D eigenvalue weighted by molar-refractivity contribution is 5.96. The van der Waals surface area contributed by atoms with Crippen LogP contribution >= 0.6 is 0 Å². The molecule has 1 aromatic heterocycles. The fraction of sp³-hybridized carbons (Fsp3) is 0.350. The van der Waals surface area contributed by atoms with Crippen molar-refractivity contribution < 1.29 is 9.59 Å². The van der Waals surface area contributed by atoms with Crippen molar-refractivity contribution in [3.63, 3.8) is 0 Å². The van der Waals surface area contributed by atoms with Crippen LogP contribution in [0, 0.1) is 0 Å². The molecule has 0 unspecified atom stereocenters. The van der Waals surface area contributed by atoms with Crippen molar-refractivity contribution in [3.05, 3.63) is 60.4 Å². The second kappa shape index (κ2) is 9.14. The van der Waals surface area contributed by atoms with Crippen LogP contribution in [0.3, 0.4) is 0 Å². The van der Waals surface area contributed by atoms with Crippen molar-refractivity contribution in [1.82, 2.24) is 20.1 Å². The van der Waals surface area contributed by atoms with Gasteiger partial charge in [-0.1, -0.05) is 30.3 Å². The molecule has 2 N–H and O–H groups in total. The van der Waals surface area contributed by atoms with Crippen molar-refractivity contribution >= 4 is 17.6 Å². The topological polar surface area (TPSA) is 77.6 Å². The molecule has 27 heavy (non-hydrogen) atoms. The van der Waals surface area contributed by atoms with Crippen LogP contribution in [0.15, 0.2) is 54.9 Å². The van der Waals surface area contributed by atoms with E-state index in [-0.39, 0.29) is 11.9 Å². The van der Waals surface area contributed by atoms with E-state index in [1.165, 1.54) is 5.56 Å². The Balaban J connectivity index is 1.43. The zero-order valence-corrected chi connectivity index (χ0v) is 15.5. The lowest BCUT2D eigenvalue weighted by Crippen LogP contribution is -2.54. The minimum atomic E-state index is -0.625. The summed E-state index contributed by atoms with van der Waals surface area (Å²) in [6.45, 7) is 5.50. The molecule has 0 radical (unpaired) electrons. The summed E-state index contributed by atoms with van der Waals surface area (Å²) in [6.07, 6.45) is 3.21. The van der Waals surface area contributed by atoms with Gasteiger partial charge in [-0.2, -0.15) is 0 Å². The highest BCUT2D eigenvalue weighted by atomic mass is 16.2. The van der Waals surface area contributed by atoms with Crippen molar-refractivity contribution in [3.8, 4) is 0 Å². The third-order valence-electron chi connectivity index (χ3n) is 4.57. The van der Waals surface area contributed by atoms with E-state index in [0.29, 0.717) is 18.8 Å². The van der Waals surface area contributed by atoms with Gasteiger partial charge in [0.2, 0.25) is 5.91 Å². The average Bonchev–Trinajstić information content (AvgIpc) is 2.70. The van der Waals surface area contributed by atoms with E-state index in [9.17, 15) is 9.59 Å². The average molecular weight is 367 g/mol. The predicted octanol–water partition coefficient (Wildman–Crippen LogP) is 1.94. The molecule has 1 aliphatic heterocycles. The first-order valence-corrected chi connectivity index (χ1v) is 9.14. The standard InChI is InChI=1S/C20H25N5O2/c1-16(19(26)23-18-8-5-9-21-14-18)22-20(27)25-12-10-24(11-13-25)15-17-6-3-2-4-7-17/h2-9,14,16H,10-13,15H2,1H3,(H,22,27)(H,23,26)/t16-/m0/s1. The first-order chi connectivity index (χ1) is 13.1. The van der Waals surface area contributed by atoms with E-state index in [2.05, 4.69) is 32.7 Å². The molecule has 3 amide bonds. The maximum atomic E-state index is 12.4. The fourth-order valence-corrected chi connectivity index (χ4v) is 2.98. The Hall–Kier alpha value is -2.93. The van der Waals surface area contributed by atoms with Crippen LogP contribution < -0.4 is 10.6 Å². The zero-order chi connectivity index (χ0) is 19.1. The summed E-state index contributed by atoms with van der Waals surface area (Å²) >= 11 is 0. The van der Waals surface area contributed by atoms with Gasteiger partial charge in [-0.25, -0.2) is 4.79 Å². The lowest BCUT2D eigenvalue weighted by atomic mass is 10.2. The number of benzene rings is 1. The van der Waals surface area contributed by atoms with Gasteiger partial charge in [0.05, 0.1) is 11.9 Å². The number of aromatic nitrogens is 1. The van der Waals surface area contributed by atoms with Gasteiger partial charge in [0.25, 0.3) is 0 Å². The molecule has 0 aliphatic carbocycles. The Kier molecular flexibility index (Phi) is 6.38. The Morgan fingerprint density at radius 2 is 1.81 bits per heavy atom. The molecule has 0 bridgehead atoms. The van der Waals surface area contributed by atoms with E-state index in [1.54, 1.807) is 36.4 Å². The van der Waals surface area contributed by atoms with Crippen molar-refractivity contribution in [2.45, 2.75) is 19.5 Å². The minimum Gasteiger partial charge on any atom is -0.326 e. The van der Waals surface area contributed by atoms with E-state index in [1.807, 2.05) is 18.2 Å². The number of nitrogens with zero attached hydrogens (tertiary/aromatic N) is 3.